The molecule has 2 saturated heterocycles. The Morgan fingerprint density at radius 3 is 2.57 bits per heavy atom. The zero-order chi connectivity index (χ0) is 15.6. The molecular formula is C14H23N3O4. The van der Waals surface area contributed by atoms with Crippen LogP contribution in [0.2, 0.25) is 0 Å². The first-order valence-corrected chi connectivity index (χ1v) is 7.49. The topological polar surface area (TPSA) is 104 Å². The van der Waals surface area contributed by atoms with Gasteiger partial charge in [-0.25, -0.2) is 4.79 Å². The highest BCUT2D eigenvalue weighted by Gasteiger charge is 2.44. The molecule has 0 bridgehead atoms. The Balaban J connectivity index is 2.12. The van der Waals surface area contributed by atoms with Gasteiger partial charge in [-0.2, -0.15) is 0 Å². The van der Waals surface area contributed by atoms with Gasteiger partial charge in [-0.1, -0.05) is 6.92 Å². The molecule has 0 radical (unpaired) electrons. The third-order valence-electron chi connectivity index (χ3n) is 4.80. The first-order valence-electron chi connectivity index (χ1n) is 7.49. The summed E-state index contributed by atoms with van der Waals surface area (Å²) in [5.41, 5.74) is 4.47. The van der Waals surface area contributed by atoms with Crippen molar-refractivity contribution in [2.75, 3.05) is 19.6 Å². The van der Waals surface area contributed by atoms with Crippen LogP contribution >= 0.6 is 0 Å². The highest BCUT2D eigenvalue weighted by atomic mass is 16.4. The van der Waals surface area contributed by atoms with E-state index in [1.165, 1.54) is 4.90 Å². The summed E-state index contributed by atoms with van der Waals surface area (Å²) in [4.78, 5) is 38.6. The molecule has 2 unspecified atom stereocenters. The number of likely N-dealkylation sites (tertiary alicyclic amines) is 2. The minimum Gasteiger partial charge on any atom is -0.481 e. The number of hydrogen-bond acceptors (Lipinski definition) is 3. The Morgan fingerprint density at radius 1 is 1.29 bits per heavy atom. The zero-order valence-corrected chi connectivity index (χ0v) is 12.4. The number of nitrogens with two attached hydrogens (primary N) is 1. The summed E-state index contributed by atoms with van der Waals surface area (Å²) in [6.45, 7) is 3.09. The number of nitrogens with zero attached hydrogens (tertiary/aromatic N) is 2. The molecule has 2 heterocycles. The van der Waals surface area contributed by atoms with Crippen LogP contribution in [0.15, 0.2) is 0 Å². The van der Waals surface area contributed by atoms with Gasteiger partial charge in [0.05, 0.1) is 5.41 Å². The van der Waals surface area contributed by atoms with Crippen LogP contribution < -0.4 is 5.73 Å². The van der Waals surface area contributed by atoms with E-state index in [4.69, 9.17) is 5.73 Å². The Bertz CT molecular complexity index is 454. The van der Waals surface area contributed by atoms with E-state index in [0.717, 1.165) is 6.42 Å². The molecule has 7 heteroatoms. The summed E-state index contributed by atoms with van der Waals surface area (Å²) in [5, 5.41) is 9.47. The lowest BCUT2D eigenvalue weighted by atomic mass is 9.78. The number of hydrogen-bond donors (Lipinski definition) is 2. The van der Waals surface area contributed by atoms with Gasteiger partial charge in [-0.3, -0.25) is 9.59 Å². The first kappa shape index (κ1) is 15.6. The van der Waals surface area contributed by atoms with E-state index in [2.05, 4.69) is 0 Å². The van der Waals surface area contributed by atoms with E-state index in [1.807, 2.05) is 6.92 Å². The molecule has 2 fully saturated rings. The van der Waals surface area contributed by atoms with Crippen LogP contribution in [0.5, 0.6) is 0 Å². The molecule has 21 heavy (non-hydrogen) atoms. The molecular weight excluding hydrogens is 274 g/mol. The van der Waals surface area contributed by atoms with Crippen molar-refractivity contribution in [3.8, 4) is 0 Å². The van der Waals surface area contributed by atoms with Crippen LogP contribution in [0.4, 0.5) is 4.79 Å². The van der Waals surface area contributed by atoms with E-state index in [9.17, 15) is 19.5 Å². The molecule has 3 amide bonds. The highest BCUT2D eigenvalue weighted by molar-refractivity contribution is 5.87. The van der Waals surface area contributed by atoms with E-state index in [0.29, 0.717) is 38.8 Å². The monoisotopic (exact) mass is 297 g/mol. The number of piperidine rings is 1. The molecule has 7 nitrogen and oxygen atoms in total. The largest absolute Gasteiger partial charge is 0.481 e. The third kappa shape index (κ3) is 2.82. The van der Waals surface area contributed by atoms with E-state index in [-0.39, 0.29) is 12.6 Å². The van der Waals surface area contributed by atoms with Crippen molar-refractivity contribution in [3.05, 3.63) is 0 Å². The number of rotatable bonds is 3. The van der Waals surface area contributed by atoms with Crippen molar-refractivity contribution in [2.24, 2.45) is 11.1 Å². The molecule has 0 saturated carbocycles. The van der Waals surface area contributed by atoms with Crippen molar-refractivity contribution >= 4 is 17.9 Å². The average molecular weight is 297 g/mol. The number of carboxylic acids is 1. The van der Waals surface area contributed by atoms with Gasteiger partial charge in [-0.05, 0) is 32.1 Å². The van der Waals surface area contributed by atoms with Crippen LogP contribution in [-0.2, 0) is 9.59 Å². The van der Waals surface area contributed by atoms with Crippen LogP contribution in [0.25, 0.3) is 0 Å². The minimum atomic E-state index is -0.865. The summed E-state index contributed by atoms with van der Waals surface area (Å²) >= 11 is 0. The molecule has 0 aromatic rings. The van der Waals surface area contributed by atoms with Gasteiger partial charge < -0.3 is 20.6 Å². The average Bonchev–Trinajstić information content (AvgIpc) is 2.95. The van der Waals surface area contributed by atoms with E-state index >= 15 is 0 Å². The van der Waals surface area contributed by atoms with Gasteiger partial charge in [0.2, 0.25) is 5.91 Å². The van der Waals surface area contributed by atoms with Gasteiger partial charge in [-0.15, -0.1) is 0 Å². The fourth-order valence-corrected chi connectivity index (χ4v) is 3.38. The molecule has 118 valence electrons. The standard InChI is InChI=1S/C14H23N3O4/c1-2-14(12(19)20)6-4-7-16(9-14)13(21)17-8-3-5-10(17)11(15)18/h10H,2-9H2,1H3,(H2,15,18)(H,19,20). The number of carbonyl (C=O) groups is 3. The van der Waals surface area contributed by atoms with Crippen molar-refractivity contribution in [3.63, 3.8) is 0 Å². The van der Waals surface area contributed by atoms with Gasteiger partial charge in [0, 0.05) is 19.6 Å². The van der Waals surface area contributed by atoms with Crippen LogP contribution in [0.3, 0.4) is 0 Å². The molecule has 2 atom stereocenters. The number of aliphatic carboxylic acids is 1. The SMILES string of the molecule is CCC1(C(=O)O)CCCN(C(=O)N2CCCC2C(N)=O)C1. The lowest BCUT2D eigenvalue weighted by Crippen LogP contribution is -2.55. The van der Waals surface area contributed by atoms with Crippen LogP contribution in [0, 0.1) is 5.41 Å². The van der Waals surface area contributed by atoms with Crippen molar-refractivity contribution in [1.29, 1.82) is 0 Å². The highest BCUT2D eigenvalue weighted by Crippen LogP contribution is 2.34. The number of carbonyl (C=O) groups excluding carboxylic acids is 2. The second kappa shape index (κ2) is 5.91. The smallest absolute Gasteiger partial charge is 0.320 e. The second-order valence-electron chi connectivity index (χ2n) is 6.00. The summed E-state index contributed by atoms with van der Waals surface area (Å²) in [6.07, 6.45) is 3.09. The Labute approximate surface area is 124 Å². The van der Waals surface area contributed by atoms with Crippen molar-refractivity contribution in [1.82, 2.24) is 9.80 Å². The first-order chi connectivity index (χ1) is 9.91. The Kier molecular flexibility index (Phi) is 4.39. The second-order valence-corrected chi connectivity index (χ2v) is 6.00. The van der Waals surface area contributed by atoms with E-state index in [1.54, 1.807) is 4.90 Å². The van der Waals surface area contributed by atoms with Crippen molar-refractivity contribution < 1.29 is 19.5 Å². The predicted molar refractivity (Wildman–Crippen MR) is 75.5 cm³/mol. The van der Waals surface area contributed by atoms with Crippen LogP contribution in [0.1, 0.15) is 39.0 Å². The molecule has 0 aromatic carbocycles. The Morgan fingerprint density at radius 2 is 2.00 bits per heavy atom. The lowest BCUT2D eigenvalue weighted by Gasteiger charge is -2.41. The molecule has 2 aliphatic rings. The quantitative estimate of drug-likeness (QED) is 0.797. The summed E-state index contributed by atoms with van der Waals surface area (Å²) in [5.74, 6) is -1.34. The maximum atomic E-state index is 12.6. The van der Waals surface area contributed by atoms with Gasteiger partial charge >= 0.3 is 12.0 Å². The van der Waals surface area contributed by atoms with Gasteiger partial charge in [0.25, 0.3) is 0 Å². The number of primary amides is 1. The molecule has 3 N–H and O–H groups in total. The minimum absolute atomic E-state index is 0.208. The number of amides is 3. The maximum absolute atomic E-state index is 12.6. The third-order valence-corrected chi connectivity index (χ3v) is 4.80. The zero-order valence-electron chi connectivity index (χ0n) is 12.4. The normalized spacial score (nSPS) is 29.5. The van der Waals surface area contributed by atoms with E-state index < -0.39 is 23.3 Å². The molecule has 0 aliphatic carbocycles. The fraction of sp³-hybridized carbons (Fsp3) is 0.786. The lowest BCUT2D eigenvalue weighted by molar-refractivity contribution is -0.152. The summed E-state index contributed by atoms with van der Waals surface area (Å²) < 4.78 is 0. The number of urea groups is 1. The van der Waals surface area contributed by atoms with Crippen molar-refractivity contribution in [2.45, 2.75) is 45.1 Å². The maximum Gasteiger partial charge on any atom is 0.320 e. The summed E-state index contributed by atoms with van der Waals surface area (Å²) in [7, 11) is 0. The number of carboxylic acid groups (broad SMARTS) is 1. The van der Waals surface area contributed by atoms with Crippen LogP contribution in [-0.4, -0.2) is 58.5 Å². The van der Waals surface area contributed by atoms with Gasteiger partial charge in [0.1, 0.15) is 6.04 Å². The van der Waals surface area contributed by atoms with Gasteiger partial charge in [0.15, 0.2) is 0 Å². The molecule has 2 aliphatic heterocycles. The predicted octanol–water partition coefficient (Wildman–Crippen LogP) is 0.633. The molecule has 0 spiro atoms. The summed E-state index contributed by atoms with van der Waals surface area (Å²) in [6, 6.07) is -0.810. The Hall–Kier alpha value is -1.79. The fourth-order valence-electron chi connectivity index (χ4n) is 3.38. The molecule has 2 rings (SSSR count). The molecule has 0 aromatic heterocycles.